The summed E-state index contributed by atoms with van der Waals surface area (Å²) in [6, 6.07) is 4.80. The first kappa shape index (κ1) is 25.0. The molecule has 1 fully saturated rings. The average Bonchev–Trinajstić information content (AvgIpc) is 3.22. The van der Waals surface area contributed by atoms with E-state index in [0.717, 1.165) is 64.1 Å². The molecule has 1 aliphatic heterocycles. The molecule has 2 N–H and O–H groups in total. The second kappa shape index (κ2) is 14.9. The van der Waals surface area contributed by atoms with E-state index >= 15 is 0 Å². The minimum Gasteiger partial charge on any atom is -0.466 e. The van der Waals surface area contributed by atoms with Gasteiger partial charge in [0.1, 0.15) is 0 Å². The van der Waals surface area contributed by atoms with E-state index in [4.69, 9.17) is 4.74 Å². The summed E-state index contributed by atoms with van der Waals surface area (Å²) in [5.74, 6) is 0.821. The van der Waals surface area contributed by atoms with Gasteiger partial charge in [-0.05, 0) is 50.1 Å². The Labute approximate surface area is 190 Å². The minimum atomic E-state index is -0.0784. The third kappa shape index (κ3) is 9.45. The molecule has 0 aliphatic carbocycles. The van der Waals surface area contributed by atoms with Gasteiger partial charge in [0.05, 0.1) is 11.6 Å². The second-order valence-electron chi connectivity index (χ2n) is 6.83. The molecule has 0 radical (unpaired) electrons. The van der Waals surface area contributed by atoms with Crippen molar-refractivity contribution in [2.75, 3.05) is 38.2 Å². The monoisotopic (exact) mass is 522 g/mol. The lowest BCUT2D eigenvalue weighted by molar-refractivity contribution is -0.143. The molecule has 0 atom stereocenters. The Morgan fingerprint density at radius 3 is 2.68 bits per heavy atom. The van der Waals surface area contributed by atoms with Gasteiger partial charge >= 0.3 is 5.97 Å². The van der Waals surface area contributed by atoms with Crippen LogP contribution in [-0.4, -0.2) is 51.3 Å². The molecule has 1 aliphatic rings. The van der Waals surface area contributed by atoms with E-state index in [1.54, 1.807) is 0 Å². The summed E-state index contributed by atoms with van der Waals surface area (Å²) in [6.07, 6.45) is 6.97. The van der Waals surface area contributed by atoms with Crippen LogP contribution in [0, 0.1) is 0 Å². The average molecular weight is 522 g/mol. The highest BCUT2D eigenvalue weighted by atomic mass is 127. The van der Waals surface area contributed by atoms with Crippen molar-refractivity contribution in [2.24, 2.45) is 4.99 Å². The number of halogens is 1. The molecule has 8 heteroatoms. The van der Waals surface area contributed by atoms with Gasteiger partial charge < -0.3 is 20.3 Å². The molecule has 2 heterocycles. The van der Waals surface area contributed by atoms with Gasteiger partial charge in [-0.2, -0.15) is 0 Å². The predicted molar refractivity (Wildman–Crippen MR) is 129 cm³/mol. The Bertz CT molecular complexity index is 561. The number of esters is 1. The van der Waals surface area contributed by atoms with Gasteiger partial charge in [0.25, 0.3) is 0 Å². The molecular weight excluding hydrogens is 487 g/mol. The molecule has 1 aromatic rings. The highest BCUT2D eigenvalue weighted by molar-refractivity contribution is 14.0. The molecule has 28 heavy (non-hydrogen) atoms. The van der Waals surface area contributed by atoms with Crippen molar-refractivity contribution in [3.05, 3.63) is 17.5 Å². The first-order chi connectivity index (χ1) is 13.2. The topological polar surface area (TPSA) is 66.0 Å². The number of aliphatic imine (C=N–C) groups is 1. The zero-order valence-electron chi connectivity index (χ0n) is 17.1. The molecule has 1 saturated heterocycles. The van der Waals surface area contributed by atoms with Gasteiger partial charge in [0, 0.05) is 39.1 Å². The van der Waals surface area contributed by atoms with Crippen LogP contribution in [-0.2, 0) is 9.53 Å². The SMILES string of the molecule is CCOC(=O)CCCCCCNC(=NC)NC1CCN(c2cccs2)CC1.I. The normalized spacial score (nSPS) is 15.1. The van der Waals surface area contributed by atoms with Gasteiger partial charge in [-0.3, -0.25) is 9.79 Å². The summed E-state index contributed by atoms with van der Waals surface area (Å²) >= 11 is 1.82. The zero-order valence-corrected chi connectivity index (χ0v) is 20.3. The fraction of sp³-hybridized carbons (Fsp3) is 0.700. The standard InChI is InChI=1S/C20H34N4O2S.HI/c1-3-26-19(25)10-6-4-5-7-13-22-20(21-2)23-17-11-14-24(15-12-17)18-9-8-16-27-18;/h8-9,16-17H,3-7,10-15H2,1-2H3,(H2,21,22,23);1H. The lowest BCUT2D eigenvalue weighted by atomic mass is 10.1. The lowest BCUT2D eigenvalue weighted by Crippen LogP contribution is -2.48. The molecule has 0 spiro atoms. The van der Waals surface area contributed by atoms with Crippen LogP contribution in [0.2, 0.25) is 0 Å². The number of hydrogen-bond donors (Lipinski definition) is 2. The summed E-state index contributed by atoms with van der Waals surface area (Å²) < 4.78 is 4.94. The molecule has 0 aromatic carbocycles. The van der Waals surface area contributed by atoms with Crippen molar-refractivity contribution >= 4 is 52.2 Å². The number of piperidine rings is 1. The van der Waals surface area contributed by atoms with Crippen molar-refractivity contribution in [2.45, 2.75) is 57.9 Å². The summed E-state index contributed by atoms with van der Waals surface area (Å²) in [7, 11) is 1.83. The van der Waals surface area contributed by atoms with Crippen molar-refractivity contribution in [1.82, 2.24) is 10.6 Å². The molecule has 1 aromatic heterocycles. The zero-order chi connectivity index (χ0) is 19.3. The molecular formula is C20H35IN4O2S. The van der Waals surface area contributed by atoms with Crippen LogP contribution in [0.5, 0.6) is 0 Å². The molecule has 0 saturated carbocycles. The molecule has 6 nitrogen and oxygen atoms in total. The van der Waals surface area contributed by atoms with Crippen LogP contribution in [0.1, 0.15) is 51.9 Å². The highest BCUT2D eigenvalue weighted by Gasteiger charge is 2.20. The van der Waals surface area contributed by atoms with Crippen LogP contribution >= 0.6 is 35.3 Å². The van der Waals surface area contributed by atoms with E-state index in [1.165, 1.54) is 5.00 Å². The summed E-state index contributed by atoms with van der Waals surface area (Å²) in [6.45, 7) is 5.41. The van der Waals surface area contributed by atoms with Crippen molar-refractivity contribution in [3.8, 4) is 0 Å². The molecule has 0 unspecified atom stereocenters. The Morgan fingerprint density at radius 1 is 1.29 bits per heavy atom. The summed E-state index contributed by atoms with van der Waals surface area (Å²) in [4.78, 5) is 18.1. The van der Waals surface area contributed by atoms with E-state index < -0.39 is 0 Å². The lowest BCUT2D eigenvalue weighted by Gasteiger charge is -2.33. The van der Waals surface area contributed by atoms with Crippen LogP contribution < -0.4 is 15.5 Å². The number of carbonyl (C=O) groups excluding carboxylic acids is 1. The second-order valence-corrected chi connectivity index (χ2v) is 7.75. The molecule has 0 amide bonds. The molecule has 160 valence electrons. The van der Waals surface area contributed by atoms with Crippen molar-refractivity contribution in [1.29, 1.82) is 0 Å². The van der Waals surface area contributed by atoms with Gasteiger partial charge in [-0.25, -0.2) is 0 Å². The van der Waals surface area contributed by atoms with Gasteiger partial charge in [-0.1, -0.05) is 12.8 Å². The molecule has 0 bridgehead atoms. The van der Waals surface area contributed by atoms with E-state index in [-0.39, 0.29) is 29.9 Å². The number of nitrogens with zero attached hydrogens (tertiary/aromatic N) is 2. The van der Waals surface area contributed by atoms with Gasteiger partial charge in [0.2, 0.25) is 0 Å². The van der Waals surface area contributed by atoms with Crippen LogP contribution in [0.4, 0.5) is 5.00 Å². The number of hydrogen-bond acceptors (Lipinski definition) is 5. The van der Waals surface area contributed by atoms with E-state index in [2.05, 4.69) is 38.0 Å². The van der Waals surface area contributed by atoms with Gasteiger partial charge in [0.15, 0.2) is 5.96 Å². The maximum absolute atomic E-state index is 11.3. The predicted octanol–water partition coefficient (Wildman–Crippen LogP) is 4.01. The largest absolute Gasteiger partial charge is 0.466 e. The Hall–Kier alpha value is -1.03. The Balaban J connectivity index is 0.00000392. The van der Waals surface area contributed by atoms with E-state index in [0.29, 0.717) is 19.1 Å². The number of carbonyl (C=O) groups is 1. The molecule has 2 rings (SSSR count). The maximum Gasteiger partial charge on any atom is 0.305 e. The first-order valence-electron chi connectivity index (χ1n) is 10.1. The quantitative estimate of drug-likeness (QED) is 0.160. The number of thiophene rings is 1. The van der Waals surface area contributed by atoms with Crippen molar-refractivity contribution < 1.29 is 9.53 Å². The van der Waals surface area contributed by atoms with E-state index in [9.17, 15) is 4.79 Å². The third-order valence-corrected chi connectivity index (χ3v) is 5.71. The third-order valence-electron chi connectivity index (χ3n) is 4.78. The number of nitrogens with one attached hydrogen (secondary N) is 2. The first-order valence-corrected chi connectivity index (χ1v) is 11.0. The van der Waals surface area contributed by atoms with Crippen molar-refractivity contribution in [3.63, 3.8) is 0 Å². The number of rotatable bonds is 10. The van der Waals surface area contributed by atoms with Crippen LogP contribution in [0.3, 0.4) is 0 Å². The number of guanidine groups is 1. The maximum atomic E-state index is 11.3. The van der Waals surface area contributed by atoms with Crippen LogP contribution in [0.25, 0.3) is 0 Å². The highest BCUT2D eigenvalue weighted by Crippen LogP contribution is 2.24. The van der Waals surface area contributed by atoms with Gasteiger partial charge in [-0.15, -0.1) is 35.3 Å². The fourth-order valence-corrected chi connectivity index (χ4v) is 4.06. The minimum absolute atomic E-state index is 0. The summed E-state index contributed by atoms with van der Waals surface area (Å²) in [5.41, 5.74) is 0. The number of ether oxygens (including phenoxy) is 1. The number of unbranched alkanes of at least 4 members (excludes halogenated alkanes) is 3. The Kier molecular flexibility index (Phi) is 13.3. The fourth-order valence-electron chi connectivity index (χ4n) is 3.27. The smallest absolute Gasteiger partial charge is 0.305 e. The van der Waals surface area contributed by atoms with Crippen LogP contribution in [0.15, 0.2) is 22.5 Å². The van der Waals surface area contributed by atoms with E-state index in [1.807, 2.05) is 25.3 Å². The Morgan fingerprint density at radius 2 is 2.04 bits per heavy atom. The number of anilines is 1. The summed E-state index contributed by atoms with van der Waals surface area (Å²) in [5, 5.41) is 10.5.